The summed E-state index contributed by atoms with van der Waals surface area (Å²) in [4.78, 5) is 56.7. The number of anilines is 1. The highest BCUT2D eigenvalue weighted by Crippen LogP contribution is 2.32. The molecule has 0 radical (unpaired) electrons. The van der Waals surface area contributed by atoms with Crippen molar-refractivity contribution in [2.45, 2.75) is 84.3 Å². The minimum absolute atomic E-state index is 0.0162. The van der Waals surface area contributed by atoms with Crippen LogP contribution in [0.3, 0.4) is 0 Å². The summed E-state index contributed by atoms with van der Waals surface area (Å²) in [5, 5.41) is 12.6. The topological polar surface area (TPSA) is 129 Å². The molecule has 4 amide bonds. The molecular formula is C33H48FN7O4. The van der Waals surface area contributed by atoms with Crippen LogP contribution in [0, 0.1) is 17.7 Å². The van der Waals surface area contributed by atoms with Crippen molar-refractivity contribution >= 4 is 29.3 Å². The molecule has 2 heterocycles. The summed E-state index contributed by atoms with van der Waals surface area (Å²) < 4.78 is 17.2. The van der Waals surface area contributed by atoms with Crippen molar-refractivity contribution < 1.29 is 23.6 Å². The second-order valence-electron chi connectivity index (χ2n) is 12.5. The predicted octanol–water partition coefficient (Wildman–Crippen LogP) is 3.38. The Morgan fingerprint density at radius 3 is 2.31 bits per heavy atom. The predicted molar refractivity (Wildman–Crippen MR) is 170 cm³/mol. The molecule has 0 bridgehead atoms. The van der Waals surface area contributed by atoms with Crippen LogP contribution in [-0.4, -0.2) is 88.5 Å². The average Bonchev–Trinajstić information content (AvgIpc) is 3.53. The number of aryl methyl sites for hydroxylation is 1. The Bertz CT molecular complexity index is 1350. The number of carbonyl (C=O) groups excluding carboxylic acids is 4. The molecule has 1 aromatic carbocycles. The first-order valence-corrected chi connectivity index (χ1v) is 16.2. The van der Waals surface area contributed by atoms with Crippen molar-refractivity contribution in [1.29, 1.82) is 0 Å². The fraction of sp³-hybridized carbons (Fsp3) is 0.606. The summed E-state index contributed by atoms with van der Waals surface area (Å²) in [6, 6.07) is 4.36. The first-order chi connectivity index (χ1) is 21.5. The number of rotatable bonds is 11. The highest BCUT2D eigenvalue weighted by molar-refractivity contribution is 6.00. The number of likely N-dealkylation sites (N-methyl/N-ethyl adjacent to an activating group) is 1. The van der Waals surface area contributed by atoms with E-state index in [1.165, 1.54) is 12.1 Å². The Morgan fingerprint density at radius 1 is 1.00 bits per heavy atom. The summed E-state index contributed by atoms with van der Waals surface area (Å²) in [7, 11) is 2.00. The fourth-order valence-corrected chi connectivity index (χ4v) is 6.23. The van der Waals surface area contributed by atoms with E-state index in [2.05, 4.69) is 32.9 Å². The molecule has 0 unspecified atom stereocenters. The summed E-state index contributed by atoms with van der Waals surface area (Å²) in [6.45, 7) is 10.7. The molecule has 11 nitrogen and oxygen atoms in total. The van der Waals surface area contributed by atoms with Gasteiger partial charge in [-0.1, -0.05) is 39.7 Å². The molecular weight excluding hydrogens is 577 g/mol. The van der Waals surface area contributed by atoms with Crippen molar-refractivity contribution in [2.75, 3.05) is 38.5 Å². The van der Waals surface area contributed by atoms with E-state index in [1.807, 2.05) is 14.0 Å². The Hall–Kier alpha value is -3.80. The minimum Gasteiger partial charge on any atom is -0.344 e. The maximum atomic E-state index is 15.6. The molecule has 246 valence electrons. The van der Waals surface area contributed by atoms with E-state index in [0.29, 0.717) is 36.8 Å². The number of hydrogen-bond donors (Lipinski definition) is 3. The van der Waals surface area contributed by atoms with E-state index < -0.39 is 35.6 Å². The molecule has 1 saturated heterocycles. The third kappa shape index (κ3) is 8.47. The maximum absolute atomic E-state index is 15.6. The van der Waals surface area contributed by atoms with Crippen LogP contribution in [0.1, 0.15) is 81.8 Å². The van der Waals surface area contributed by atoms with Gasteiger partial charge in [0.25, 0.3) is 5.91 Å². The molecule has 1 aliphatic heterocycles. The van der Waals surface area contributed by atoms with Crippen LogP contribution in [0.15, 0.2) is 30.5 Å². The highest BCUT2D eigenvalue weighted by atomic mass is 19.1. The van der Waals surface area contributed by atoms with Gasteiger partial charge >= 0.3 is 0 Å². The number of carbonyl (C=O) groups is 4. The SMILES string of the molecule is CCC(=O)N[C@@H](C(=O)N1CCN(C)CC1)[C@@H](C)c1ccc(NC(=O)[C@@H](NC(=O)c2ccnn2CC)[C@H]2CC[C@H](C)CC2)c(F)c1. The lowest BCUT2D eigenvalue weighted by molar-refractivity contribution is -0.138. The van der Waals surface area contributed by atoms with Gasteiger partial charge in [0.05, 0.1) is 5.69 Å². The lowest BCUT2D eigenvalue weighted by Crippen LogP contribution is -2.55. The van der Waals surface area contributed by atoms with Crippen molar-refractivity contribution in [1.82, 2.24) is 30.2 Å². The van der Waals surface area contributed by atoms with Crippen LogP contribution >= 0.6 is 0 Å². The number of aromatic nitrogens is 2. The second-order valence-corrected chi connectivity index (χ2v) is 12.5. The van der Waals surface area contributed by atoms with Crippen LogP contribution in [0.2, 0.25) is 0 Å². The summed E-state index contributed by atoms with van der Waals surface area (Å²) in [6.07, 6.45) is 5.21. The van der Waals surface area contributed by atoms with Crippen LogP contribution in [0.25, 0.3) is 0 Å². The van der Waals surface area contributed by atoms with Gasteiger partial charge in [0.1, 0.15) is 23.6 Å². The molecule has 3 atom stereocenters. The number of piperazine rings is 1. The van der Waals surface area contributed by atoms with E-state index in [1.54, 1.807) is 41.8 Å². The number of benzene rings is 1. The zero-order valence-electron chi connectivity index (χ0n) is 27.1. The van der Waals surface area contributed by atoms with Gasteiger partial charge in [-0.05, 0) is 62.4 Å². The van der Waals surface area contributed by atoms with Crippen molar-refractivity contribution in [3.05, 3.63) is 47.5 Å². The van der Waals surface area contributed by atoms with Crippen LogP contribution in [0.4, 0.5) is 10.1 Å². The number of nitrogens with zero attached hydrogens (tertiary/aromatic N) is 4. The Kier molecular flexibility index (Phi) is 11.7. The molecule has 2 aromatic rings. The lowest BCUT2D eigenvalue weighted by Gasteiger charge is -2.36. The van der Waals surface area contributed by atoms with Gasteiger partial charge in [-0.15, -0.1) is 0 Å². The van der Waals surface area contributed by atoms with E-state index >= 15 is 4.39 Å². The molecule has 2 fully saturated rings. The zero-order chi connectivity index (χ0) is 32.7. The summed E-state index contributed by atoms with van der Waals surface area (Å²) in [5.41, 5.74) is 0.866. The highest BCUT2D eigenvalue weighted by Gasteiger charge is 2.35. The first kappa shape index (κ1) is 34.1. The molecule has 1 saturated carbocycles. The van der Waals surface area contributed by atoms with Gasteiger partial charge in [-0.2, -0.15) is 5.10 Å². The van der Waals surface area contributed by atoms with Crippen LogP contribution in [-0.2, 0) is 20.9 Å². The van der Waals surface area contributed by atoms with Crippen LogP contribution in [0.5, 0.6) is 0 Å². The molecule has 45 heavy (non-hydrogen) atoms. The van der Waals surface area contributed by atoms with Gasteiger partial charge in [0.15, 0.2) is 0 Å². The van der Waals surface area contributed by atoms with E-state index in [-0.39, 0.29) is 29.8 Å². The fourth-order valence-electron chi connectivity index (χ4n) is 6.23. The molecule has 4 rings (SSSR count). The number of amides is 4. The van der Waals surface area contributed by atoms with Gasteiger partial charge in [0.2, 0.25) is 17.7 Å². The molecule has 12 heteroatoms. The third-order valence-electron chi connectivity index (χ3n) is 9.35. The normalized spacial score (nSPS) is 21.0. The monoisotopic (exact) mass is 625 g/mol. The summed E-state index contributed by atoms with van der Waals surface area (Å²) >= 11 is 0. The summed E-state index contributed by atoms with van der Waals surface area (Å²) in [5.74, 6) is -2.06. The molecule has 3 N–H and O–H groups in total. The number of hydrogen-bond acceptors (Lipinski definition) is 6. The van der Waals surface area contributed by atoms with Crippen LogP contribution < -0.4 is 16.0 Å². The standard InChI is InChI=1S/C33H48FN7O4/c1-6-28(42)37-29(33(45)40-18-16-39(5)17-19-40)22(4)24-12-13-26(25(34)20-24)36-32(44)30(23-10-8-21(3)9-11-23)38-31(43)27-14-15-35-41(27)7-2/h12-15,20-23,29-30H,6-11,16-19H2,1-5H3,(H,36,44)(H,37,42)(H,38,43)/t21-,22-,23-,29+,30-/m0/s1. The third-order valence-corrected chi connectivity index (χ3v) is 9.35. The molecule has 1 aromatic heterocycles. The smallest absolute Gasteiger partial charge is 0.270 e. The van der Waals surface area contributed by atoms with Gasteiger partial charge in [-0.3, -0.25) is 23.9 Å². The zero-order valence-corrected chi connectivity index (χ0v) is 27.1. The second kappa shape index (κ2) is 15.5. The molecule has 0 spiro atoms. The van der Waals surface area contributed by atoms with E-state index in [4.69, 9.17) is 0 Å². The Morgan fingerprint density at radius 2 is 1.69 bits per heavy atom. The van der Waals surface area contributed by atoms with Gasteiger partial charge in [-0.25, -0.2) is 4.39 Å². The Labute approximate surface area is 265 Å². The van der Waals surface area contributed by atoms with E-state index in [9.17, 15) is 19.2 Å². The quantitative estimate of drug-likeness (QED) is 0.351. The lowest BCUT2D eigenvalue weighted by atomic mass is 9.79. The average molecular weight is 626 g/mol. The van der Waals surface area contributed by atoms with Gasteiger partial charge < -0.3 is 25.8 Å². The van der Waals surface area contributed by atoms with Crippen molar-refractivity contribution in [2.24, 2.45) is 11.8 Å². The van der Waals surface area contributed by atoms with Crippen molar-refractivity contribution in [3.8, 4) is 0 Å². The first-order valence-electron chi connectivity index (χ1n) is 16.2. The largest absolute Gasteiger partial charge is 0.344 e. The van der Waals surface area contributed by atoms with Gasteiger partial charge in [0, 0.05) is 51.3 Å². The Balaban J connectivity index is 1.52. The molecule has 1 aliphatic carbocycles. The molecule has 2 aliphatic rings. The number of halogens is 1. The minimum atomic E-state index is -0.856. The van der Waals surface area contributed by atoms with Crippen molar-refractivity contribution in [3.63, 3.8) is 0 Å². The number of nitrogens with one attached hydrogen (secondary N) is 3. The van der Waals surface area contributed by atoms with E-state index in [0.717, 1.165) is 38.8 Å². The maximum Gasteiger partial charge on any atom is 0.270 e.